The Bertz CT molecular complexity index is 337. The zero-order chi connectivity index (χ0) is 10.2. The van der Waals surface area contributed by atoms with E-state index < -0.39 is 17.8 Å². The molecule has 1 aromatic heterocycles. The molecule has 0 radical (unpaired) electrons. The summed E-state index contributed by atoms with van der Waals surface area (Å²) in [6, 6.07) is 0. The van der Waals surface area contributed by atoms with Crippen LogP contribution in [0.5, 0.6) is 0 Å². The maximum atomic E-state index is 12.2. The largest absolute Gasteiger partial charge is 0.433 e. The van der Waals surface area contributed by atoms with Crippen LogP contribution in [0.4, 0.5) is 19.1 Å². The number of alkyl halides is 3. The lowest BCUT2D eigenvalue weighted by atomic mass is 10.2. The Kier molecular flexibility index (Phi) is 2.34. The van der Waals surface area contributed by atoms with Crippen molar-refractivity contribution in [1.82, 2.24) is 9.97 Å². The fourth-order valence-corrected chi connectivity index (χ4v) is 0.958. The van der Waals surface area contributed by atoms with Gasteiger partial charge in [0.25, 0.3) is 0 Å². The first-order chi connectivity index (χ1) is 5.82. The lowest BCUT2D eigenvalue weighted by molar-refractivity contribution is -0.141. The maximum Gasteiger partial charge on any atom is 0.433 e. The van der Waals surface area contributed by atoms with Crippen molar-refractivity contribution in [2.75, 3.05) is 5.73 Å². The molecule has 3 nitrogen and oxygen atoms in total. The second kappa shape index (κ2) is 3.02. The van der Waals surface area contributed by atoms with E-state index in [9.17, 15) is 13.2 Å². The van der Waals surface area contributed by atoms with E-state index in [0.29, 0.717) is 0 Å². The second-order valence-electron chi connectivity index (χ2n) is 2.34. The van der Waals surface area contributed by atoms with Gasteiger partial charge in [-0.3, -0.25) is 0 Å². The van der Waals surface area contributed by atoms with E-state index in [1.54, 1.807) is 0 Å². The molecule has 7 heteroatoms. The molecule has 0 saturated carbocycles. The molecular weight excluding hydrogens is 207 g/mol. The molecule has 0 fully saturated rings. The van der Waals surface area contributed by atoms with Gasteiger partial charge in [0.15, 0.2) is 5.69 Å². The third-order valence-corrected chi connectivity index (χ3v) is 1.74. The van der Waals surface area contributed by atoms with Crippen LogP contribution in [0.25, 0.3) is 0 Å². The fraction of sp³-hybridized carbons (Fsp3) is 0.333. The number of hydrogen-bond acceptors (Lipinski definition) is 3. The zero-order valence-electron chi connectivity index (χ0n) is 6.48. The average Bonchev–Trinajstić information content (AvgIpc) is 1.94. The molecule has 1 heterocycles. The number of nitrogens with two attached hydrogens (primary N) is 1. The van der Waals surface area contributed by atoms with Crippen molar-refractivity contribution in [2.24, 2.45) is 0 Å². The van der Waals surface area contributed by atoms with Crippen molar-refractivity contribution < 1.29 is 13.2 Å². The first kappa shape index (κ1) is 10.0. The summed E-state index contributed by atoms with van der Waals surface area (Å²) in [6.07, 6.45) is -4.55. The number of nitrogens with zero attached hydrogens (tertiary/aromatic N) is 2. The van der Waals surface area contributed by atoms with E-state index in [1.807, 2.05) is 0 Å². The molecule has 0 aliphatic rings. The first-order valence-corrected chi connectivity index (χ1v) is 3.57. The van der Waals surface area contributed by atoms with Crippen molar-refractivity contribution in [2.45, 2.75) is 13.1 Å². The number of halogens is 4. The van der Waals surface area contributed by atoms with Gasteiger partial charge in [0.05, 0.1) is 0 Å². The number of aromatic nitrogens is 2. The molecule has 0 aromatic carbocycles. The molecule has 0 bridgehead atoms. The van der Waals surface area contributed by atoms with Crippen LogP contribution in [0.15, 0.2) is 0 Å². The predicted molar refractivity (Wildman–Crippen MR) is 41.2 cm³/mol. The summed E-state index contributed by atoms with van der Waals surface area (Å²) < 4.78 is 36.6. The van der Waals surface area contributed by atoms with Crippen molar-refractivity contribution in [1.29, 1.82) is 0 Å². The molecule has 1 rings (SSSR count). The van der Waals surface area contributed by atoms with E-state index in [1.165, 1.54) is 6.92 Å². The predicted octanol–water partition coefficient (Wildman–Crippen LogP) is 2.04. The Morgan fingerprint density at radius 1 is 1.31 bits per heavy atom. The number of rotatable bonds is 0. The van der Waals surface area contributed by atoms with Crippen LogP contribution in [0.2, 0.25) is 5.15 Å². The van der Waals surface area contributed by atoms with E-state index in [4.69, 9.17) is 17.3 Å². The molecule has 13 heavy (non-hydrogen) atoms. The van der Waals surface area contributed by atoms with Crippen LogP contribution in [0, 0.1) is 6.92 Å². The van der Waals surface area contributed by atoms with Crippen molar-refractivity contribution in [3.05, 3.63) is 16.4 Å². The summed E-state index contributed by atoms with van der Waals surface area (Å²) >= 11 is 5.39. The van der Waals surface area contributed by atoms with Gasteiger partial charge in [0, 0.05) is 5.56 Å². The molecule has 0 unspecified atom stereocenters. The number of anilines is 1. The number of hydrogen-bond donors (Lipinski definition) is 1. The van der Waals surface area contributed by atoms with Crippen molar-refractivity contribution in [3.8, 4) is 0 Å². The molecule has 0 saturated heterocycles. The third-order valence-electron chi connectivity index (χ3n) is 1.37. The van der Waals surface area contributed by atoms with Crippen LogP contribution in [-0.4, -0.2) is 9.97 Å². The van der Waals surface area contributed by atoms with E-state index in [2.05, 4.69) is 9.97 Å². The molecule has 1 aromatic rings. The van der Waals surface area contributed by atoms with Gasteiger partial charge in [0.1, 0.15) is 5.15 Å². The highest BCUT2D eigenvalue weighted by Gasteiger charge is 2.35. The highest BCUT2D eigenvalue weighted by Crippen LogP contribution is 2.32. The molecule has 2 N–H and O–H groups in total. The normalized spacial score (nSPS) is 11.8. The van der Waals surface area contributed by atoms with Crippen molar-refractivity contribution >= 4 is 17.5 Å². The Morgan fingerprint density at radius 3 is 2.31 bits per heavy atom. The Labute approximate surface area is 76.7 Å². The average molecular weight is 212 g/mol. The van der Waals surface area contributed by atoms with Gasteiger partial charge in [-0.25, -0.2) is 9.97 Å². The summed E-state index contributed by atoms with van der Waals surface area (Å²) in [5.74, 6) is -0.483. The Hall–Kier alpha value is -1.04. The van der Waals surface area contributed by atoms with E-state index >= 15 is 0 Å². The van der Waals surface area contributed by atoms with Crippen LogP contribution in [0.1, 0.15) is 11.3 Å². The Morgan fingerprint density at radius 2 is 1.85 bits per heavy atom. The zero-order valence-corrected chi connectivity index (χ0v) is 7.24. The van der Waals surface area contributed by atoms with Gasteiger partial charge in [-0.15, -0.1) is 0 Å². The minimum atomic E-state index is -4.55. The topological polar surface area (TPSA) is 51.8 Å². The van der Waals surface area contributed by atoms with Crippen LogP contribution in [-0.2, 0) is 6.18 Å². The molecule has 0 atom stereocenters. The van der Waals surface area contributed by atoms with Gasteiger partial charge in [-0.1, -0.05) is 11.6 Å². The van der Waals surface area contributed by atoms with Gasteiger partial charge < -0.3 is 5.73 Å². The van der Waals surface area contributed by atoms with E-state index in [0.717, 1.165) is 0 Å². The second-order valence-corrected chi connectivity index (χ2v) is 2.70. The summed E-state index contributed by atoms with van der Waals surface area (Å²) in [5.41, 5.74) is 3.71. The van der Waals surface area contributed by atoms with Gasteiger partial charge in [-0.2, -0.15) is 13.2 Å². The molecule has 72 valence electrons. The molecule has 0 amide bonds. The highest BCUT2D eigenvalue weighted by molar-refractivity contribution is 6.30. The van der Waals surface area contributed by atoms with Gasteiger partial charge >= 0.3 is 6.18 Å². The minimum absolute atomic E-state index is 0.219. The van der Waals surface area contributed by atoms with Crippen molar-refractivity contribution in [3.63, 3.8) is 0 Å². The SMILES string of the molecule is Cc1c(Cl)nc(N)nc1C(F)(F)F. The lowest BCUT2D eigenvalue weighted by Crippen LogP contribution is -2.13. The lowest BCUT2D eigenvalue weighted by Gasteiger charge is -2.09. The Balaban J connectivity index is 3.37. The molecule has 0 aliphatic carbocycles. The smallest absolute Gasteiger partial charge is 0.368 e. The maximum absolute atomic E-state index is 12.2. The van der Waals surface area contributed by atoms with Gasteiger partial charge in [0.2, 0.25) is 5.95 Å². The fourth-order valence-electron chi connectivity index (χ4n) is 0.782. The summed E-state index contributed by atoms with van der Waals surface area (Å²) in [7, 11) is 0. The summed E-state index contributed by atoms with van der Waals surface area (Å²) in [5, 5.41) is -0.278. The van der Waals surface area contributed by atoms with Gasteiger partial charge in [-0.05, 0) is 6.92 Å². The molecule has 0 aliphatic heterocycles. The summed E-state index contributed by atoms with van der Waals surface area (Å²) in [6.45, 7) is 1.19. The minimum Gasteiger partial charge on any atom is -0.368 e. The van der Waals surface area contributed by atoms with Crippen LogP contribution < -0.4 is 5.73 Å². The standard InChI is InChI=1S/C6H5ClF3N3/c1-2-3(6(8,9)10)12-5(11)13-4(2)7/h1H3,(H2,11,12,13). The monoisotopic (exact) mass is 211 g/mol. The third kappa shape index (κ3) is 2.00. The van der Waals surface area contributed by atoms with Crippen LogP contribution >= 0.6 is 11.6 Å². The van der Waals surface area contributed by atoms with E-state index in [-0.39, 0.29) is 10.7 Å². The van der Waals surface area contributed by atoms with Crippen LogP contribution in [0.3, 0.4) is 0 Å². The first-order valence-electron chi connectivity index (χ1n) is 3.19. The highest BCUT2D eigenvalue weighted by atomic mass is 35.5. The number of nitrogen functional groups attached to an aromatic ring is 1. The quantitative estimate of drug-likeness (QED) is 0.668. The molecule has 0 spiro atoms. The molecular formula is C6H5ClF3N3. The summed E-state index contributed by atoms with van der Waals surface area (Å²) in [4.78, 5) is 6.44.